The zero-order valence-corrected chi connectivity index (χ0v) is 14.9. The highest BCUT2D eigenvalue weighted by Crippen LogP contribution is 2.29. The summed E-state index contributed by atoms with van der Waals surface area (Å²) in [4.78, 5) is 11.4. The van der Waals surface area contributed by atoms with Crippen LogP contribution in [0, 0.1) is 0 Å². The number of anilines is 2. The lowest BCUT2D eigenvalue weighted by Gasteiger charge is -2.22. The van der Waals surface area contributed by atoms with Gasteiger partial charge in [-0.2, -0.15) is 4.98 Å². The van der Waals surface area contributed by atoms with Crippen LogP contribution in [0.15, 0.2) is 35.7 Å². The fraction of sp³-hybridized carbons (Fsp3) is 0.294. The van der Waals surface area contributed by atoms with E-state index < -0.39 is 0 Å². The van der Waals surface area contributed by atoms with Crippen LogP contribution in [0.25, 0.3) is 10.2 Å². The molecule has 2 aromatic heterocycles. The first-order valence-electron chi connectivity index (χ1n) is 7.51. The van der Waals surface area contributed by atoms with Crippen LogP contribution in [0.3, 0.4) is 0 Å². The molecule has 0 radical (unpaired) electrons. The second kappa shape index (κ2) is 6.72. The van der Waals surface area contributed by atoms with Gasteiger partial charge in [-0.05, 0) is 36.9 Å². The van der Waals surface area contributed by atoms with E-state index in [1.54, 1.807) is 11.3 Å². The van der Waals surface area contributed by atoms with Gasteiger partial charge in [0.25, 0.3) is 0 Å². The summed E-state index contributed by atoms with van der Waals surface area (Å²) >= 11 is 7.88. The van der Waals surface area contributed by atoms with Crippen molar-refractivity contribution in [2.45, 2.75) is 26.4 Å². The molecular formula is C17H19ClN4S. The maximum absolute atomic E-state index is 6.23. The van der Waals surface area contributed by atoms with Crippen molar-refractivity contribution >= 4 is 44.9 Å². The van der Waals surface area contributed by atoms with Crippen LogP contribution in [0.4, 0.5) is 11.8 Å². The molecule has 1 N–H and O–H groups in total. The molecule has 120 valence electrons. The van der Waals surface area contributed by atoms with Crippen LogP contribution in [-0.2, 0) is 6.54 Å². The molecule has 6 heteroatoms. The Hall–Kier alpha value is -1.85. The van der Waals surface area contributed by atoms with Crippen LogP contribution in [0.1, 0.15) is 19.4 Å². The third kappa shape index (κ3) is 3.41. The summed E-state index contributed by atoms with van der Waals surface area (Å²) < 4.78 is 1.07. The largest absolute Gasteiger partial charge is 0.365 e. The lowest BCUT2D eigenvalue weighted by Crippen LogP contribution is -2.27. The highest BCUT2D eigenvalue weighted by Gasteiger charge is 2.14. The van der Waals surface area contributed by atoms with E-state index in [4.69, 9.17) is 16.6 Å². The van der Waals surface area contributed by atoms with Crippen molar-refractivity contribution in [1.29, 1.82) is 0 Å². The van der Waals surface area contributed by atoms with E-state index in [-0.39, 0.29) is 0 Å². The Kier molecular flexibility index (Phi) is 4.68. The van der Waals surface area contributed by atoms with Gasteiger partial charge in [0.15, 0.2) is 0 Å². The quantitative estimate of drug-likeness (QED) is 0.720. The molecule has 23 heavy (non-hydrogen) atoms. The molecule has 0 aliphatic carbocycles. The summed E-state index contributed by atoms with van der Waals surface area (Å²) in [5, 5.41) is 6.21. The Morgan fingerprint density at radius 1 is 1.22 bits per heavy atom. The second-order valence-electron chi connectivity index (χ2n) is 5.66. The van der Waals surface area contributed by atoms with E-state index in [0.29, 0.717) is 12.6 Å². The smallest absolute Gasteiger partial charge is 0.227 e. The molecule has 0 unspecified atom stereocenters. The van der Waals surface area contributed by atoms with Gasteiger partial charge in [0, 0.05) is 24.7 Å². The average molecular weight is 347 g/mol. The Morgan fingerprint density at radius 3 is 2.74 bits per heavy atom. The van der Waals surface area contributed by atoms with Gasteiger partial charge < -0.3 is 10.2 Å². The summed E-state index contributed by atoms with van der Waals surface area (Å²) in [5.41, 5.74) is 2.02. The Balaban J connectivity index is 1.93. The van der Waals surface area contributed by atoms with Crippen molar-refractivity contribution in [3.8, 4) is 0 Å². The number of nitrogens with one attached hydrogen (secondary N) is 1. The normalized spacial score (nSPS) is 11.2. The lowest BCUT2D eigenvalue weighted by molar-refractivity contribution is 0.732. The van der Waals surface area contributed by atoms with Gasteiger partial charge in [-0.15, -0.1) is 11.3 Å². The predicted molar refractivity (Wildman–Crippen MR) is 99.7 cm³/mol. The summed E-state index contributed by atoms with van der Waals surface area (Å²) in [5.74, 6) is 1.58. The minimum Gasteiger partial charge on any atom is -0.365 e. The maximum atomic E-state index is 6.23. The standard InChI is InChI=1S/C17H19ClN4S/c1-11(2)22(3)17-20-14-8-9-23-15(14)16(21-17)19-10-12-6-4-5-7-13(12)18/h4-9,11H,10H2,1-3H3,(H,19,20,21). The zero-order valence-electron chi connectivity index (χ0n) is 13.4. The summed E-state index contributed by atoms with van der Waals surface area (Å²) in [6.07, 6.45) is 0. The Bertz CT molecular complexity index is 815. The van der Waals surface area contributed by atoms with Crippen LogP contribution < -0.4 is 10.2 Å². The molecule has 3 aromatic rings. The van der Waals surface area contributed by atoms with Gasteiger partial charge >= 0.3 is 0 Å². The summed E-state index contributed by atoms with van der Waals surface area (Å²) in [6, 6.07) is 10.2. The van der Waals surface area contributed by atoms with E-state index in [0.717, 1.165) is 32.6 Å². The fourth-order valence-electron chi connectivity index (χ4n) is 2.18. The molecule has 1 aromatic carbocycles. The van der Waals surface area contributed by atoms with E-state index >= 15 is 0 Å². The lowest BCUT2D eigenvalue weighted by atomic mass is 10.2. The van der Waals surface area contributed by atoms with E-state index in [2.05, 4.69) is 29.0 Å². The number of rotatable bonds is 5. The van der Waals surface area contributed by atoms with Crippen LogP contribution in [-0.4, -0.2) is 23.1 Å². The van der Waals surface area contributed by atoms with Crippen LogP contribution >= 0.6 is 22.9 Å². The number of halogens is 1. The van der Waals surface area contributed by atoms with Gasteiger partial charge in [0.05, 0.1) is 10.2 Å². The number of thiophene rings is 1. The average Bonchev–Trinajstić information content (AvgIpc) is 3.01. The van der Waals surface area contributed by atoms with Crippen LogP contribution in [0.2, 0.25) is 5.02 Å². The molecule has 2 heterocycles. The number of aromatic nitrogens is 2. The van der Waals surface area contributed by atoms with E-state index in [1.165, 1.54) is 0 Å². The number of hydrogen-bond donors (Lipinski definition) is 1. The third-order valence-electron chi connectivity index (χ3n) is 3.79. The summed E-state index contributed by atoms with van der Waals surface area (Å²) in [7, 11) is 2.01. The predicted octanol–water partition coefficient (Wildman–Crippen LogP) is 4.80. The minimum atomic E-state index is 0.336. The highest BCUT2D eigenvalue weighted by atomic mass is 35.5. The molecule has 0 saturated carbocycles. The molecular weight excluding hydrogens is 328 g/mol. The SMILES string of the molecule is CC(C)N(C)c1nc(NCc2ccccc2Cl)c2sccc2n1. The topological polar surface area (TPSA) is 41.1 Å². The third-order valence-corrected chi connectivity index (χ3v) is 5.07. The van der Waals surface area contributed by atoms with Crippen molar-refractivity contribution in [3.05, 3.63) is 46.3 Å². The second-order valence-corrected chi connectivity index (χ2v) is 6.98. The number of benzene rings is 1. The van der Waals surface area contributed by atoms with E-state index in [9.17, 15) is 0 Å². The zero-order chi connectivity index (χ0) is 16.4. The van der Waals surface area contributed by atoms with Gasteiger partial charge in [-0.1, -0.05) is 29.8 Å². The van der Waals surface area contributed by atoms with Gasteiger partial charge in [0.2, 0.25) is 5.95 Å². The molecule has 0 saturated heterocycles. The number of hydrogen-bond acceptors (Lipinski definition) is 5. The molecule has 0 amide bonds. The Morgan fingerprint density at radius 2 is 2.00 bits per heavy atom. The number of fused-ring (bicyclic) bond motifs is 1. The van der Waals surface area contributed by atoms with Crippen molar-refractivity contribution < 1.29 is 0 Å². The molecule has 3 rings (SSSR count). The molecule has 0 atom stereocenters. The highest BCUT2D eigenvalue weighted by molar-refractivity contribution is 7.17. The van der Waals surface area contributed by atoms with Crippen LogP contribution in [0.5, 0.6) is 0 Å². The van der Waals surface area contributed by atoms with Crippen molar-refractivity contribution in [2.24, 2.45) is 0 Å². The molecule has 0 bridgehead atoms. The van der Waals surface area contributed by atoms with Gasteiger partial charge in [-0.3, -0.25) is 0 Å². The molecule has 4 nitrogen and oxygen atoms in total. The van der Waals surface area contributed by atoms with Crippen molar-refractivity contribution in [1.82, 2.24) is 9.97 Å². The monoisotopic (exact) mass is 346 g/mol. The van der Waals surface area contributed by atoms with E-state index in [1.807, 2.05) is 42.8 Å². The molecule has 0 fully saturated rings. The number of nitrogens with zero attached hydrogens (tertiary/aromatic N) is 3. The molecule has 0 aliphatic rings. The first-order valence-corrected chi connectivity index (χ1v) is 8.77. The summed E-state index contributed by atoms with van der Waals surface area (Å²) in [6.45, 7) is 4.88. The fourth-order valence-corrected chi connectivity index (χ4v) is 3.18. The molecule has 0 spiro atoms. The van der Waals surface area contributed by atoms with Gasteiger partial charge in [0.1, 0.15) is 5.82 Å². The van der Waals surface area contributed by atoms with Gasteiger partial charge in [-0.25, -0.2) is 4.98 Å². The van der Waals surface area contributed by atoms with Crippen molar-refractivity contribution in [2.75, 3.05) is 17.3 Å². The first-order chi connectivity index (χ1) is 11.1. The minimum absolute atomic E-state index is 0.336. The van der Waals surface area contributed by atoms with Crippen molar-refractivity contribution in [3.63, 3.8) is 0 Å². The first kappa shape index (κ1) is 16.0. The maximum Gasteiger partial charge on any atom is 0.227 e. The molecule has 0 aliphatic heterocycles. The Labute approximate surface area is 145 Å².